The largest absolute Gasteiger partial charge is 0.491 e. The van der Waals surface area contributed by atoms with Gasteiger partial charge in [0.15, 0.2) is 0 Å². The van der Waals surface area contributed by atoms with Crippen LogP contribution in [0, 0.1) is 0 Å². The molecular formula is C23H24BrNO5. The summed E-state index contributed by atoms with van der Waals surface area (Å²) in [6, 6.07) is 11.3. The molecule has 3 rings (SSSR count). The van der Waals surface area contributed by atoms with Crippen LogP contribution in [0.4, 0.5) is 0 Å². The first kappa shape index (κ1) is 21.9. The van der Waals surface area contributed by atoms with E-state index < -0.39 is 11.9 Å². The Morgan fingerprint density at radius 2 is 1.60 bits per heavy atom. The van der Waals surface area contributed by atoms with E-state index in [1.165, 1.54) is 0 Å². The average molecular weight is 474 g/mol. The van der Waals surface area contributed by atoms with Crippen molar-refractivity contribution < 1.29 is 23.8 Å². The number of carbonyl (C=O) groups excluding carboxylic acids is 2. The number of carbonyl (C=O) groups is 2. The molecule has 1 aromatic heterocycles. The topological polar surface area (TPSA) is 77.6 Å². The Bertz CT molecular complexity index is 1070. The Morgan fingerprint density at radius 3 is 2.20 bits per heavy atom. The molecule has 7 heteroatoms. The summed E-state index contributed by atoms with van der Waals surface area (Å²) in [5, 5.41) is 0.600. The SMILES string of the molecule is CCOC(=O)c1[nH]c2ccc(Br)c(-c3ccc(OC(C)C)cc3)c2c1C(=O)OCC. The minimum Gasteiger partial charge on any atom is -0.491 e. The van der Waals surface area contributed by atoms with Crippen LogP contribution < -0.4 is 4.74 Å². The van der Waals surface area contributed by atoms with Gasteiger partial charge in [0, 0.05) is 20.9 Å². The highest BCUT2D eigenvalue weighted by Crippen LogP contribution is 2.39. The molecule has 1 heterocycles. The second kappa shape index (κ2) is 9.34. The highest BCUT2D eigenvalue weighted by Gasteiger charge is 2.28. The van der Waals surface area contributed by atoms with Gasteiger partial charge in [0.1, 0.15) is 17.0 Å². The number of benzene rings is 2. The smallest absolute Gasteiger partial charge is 0.355 e. The van der Waals surface area contributed by atoms with Gasteiger partial charge in [-0.3, -0.25) is 0 Å². The Hall–Kier alpha value is -2.80. The molecule has 0 aliphatic heterocycles. The number of aromatic amines is 1. The van der Waals surface area contributed by atoms with E-state index in [1.807, 2.05) is 50.2 Å². The summed E-state index contributed by atoms with van der Waals surface area (Å²) in [6.45, 7) is 7.76. The van der Waals surface area contributed by atoms with Crippen molar-refractivity contribution in [3.63, 3.8) is 0 Å². The van der Waals surface area contributed by atoms with Crippen LogP contribution in [-0.4, -0.2) is 36.2 Å². The number of hydrogen-bond donors (Lipinski definition) is 1. The highest BCUT2D eigenvalue weighted by molar-refractivity contribution is 9.10. The quantitative estimate of drug-likeness (QED) is 0.442. The Balaban J connectivity index is 2.25. The van der Waals surface area contributed by atoms with Gasteiger partial charge in [-0.15, -0.1) is 0 Å². The van der Waals surface area contributed by atoms with E-state index in [0.29, 0.717) is 10.9 Å². The summed E-state index contributed by atoms with van der Waals surface area (Å²) in [7, 11) is 0. The Kier molecular flexibility index (Phi) is 6.82. The van der Waals surface area contributed by atoms with Crippen molar-refractivity contribution in [2.45, 2.75) is 33.8 Å². The minimum atomic E-state index is -0.598. The van der Waals surface area contributed by atoms with Gasteiger partial charge < -0.3 is 19.2 Å². The van der Waals surface area contributed by atoms with E-state index in [0.717, 1.165) is 21.3 Å². The van der Waals surface area contributed by atoms with Crippen LogP contribution in [0.5, 0.6) is 5.75 Å². The molecule has 0 amide bonds. The average Bonchev–Trinajstić information content (AvgIpc) is 3.08. The maximum absolute atomic E-state index is 12.8. The van der Waals surface area contributed by atoms with Gasteiger partial charge in [-0.1, -0.05) is 28.1 Å². The van der Waals surface area contributed by atoms with Gasteiger partial charge in [-0.25, -0.2) is 9.59 Å². The van der Waals surface area contributed by atoms with E-state index in [4.69, 9.17) is 14.2 Å². The fourth-order valence-corrected chi connectivity index (χ4v) is 3.84. The lowest BCUT2D eigenvalue weighted by molar-refractivity contribution is 0.0477. The second-order valence-corrected chi connectivity index (χ2v) is 7.71. The third kappa shape index (κ3) is 4.36. The molecule has 0 aliphatic rings. The third-order valence-corrected chi connectivity index (χ3v) is 5.05. The molecule has 0 unspecified atom stereocenters. The second-order valence-electron chi connectivity index (χ2n) is 6.85. The molecule has 30 heavy (non-hydrogen) atoms. The van der Waals surface area contributed by atoms with Crippen LogP contribution in [0.25, 0.3) is 22.0 Å². The first-order valence-corrected chi connectivity index (χ1v) is 10.6. The molecule has 3 aromatic rings. The molecule has 6 nitrogen and oxygen atoms in total. The lowest BCUT2D eigenvalue weighted by atomic mass is 9.98. The molecule has 1 N–H and O–H groups in total. The van der Waals surface area contributed by atoms with Crippen LogP contribution in [0.15, 0.2) is 40.9 Å². The number of esters is 2. The predicted octanol–water partition coefficient (Wildman–Crippen LogP) is 5.74. The number of rotatable bonds is 7. The number of fused-ring (bicyclic) bond motifs is 1. The Morgan fingerprint density at radius 1 is 0.967 bits per heavy atom. The van der Waals surface area contributed by atoms with Crippen molar-refractivity contribution in [3.8, 4) is 16.9 Å². The van der Waals surface area contributed by atoms with Crippen LogP contribution in [-0.2, 0) is 9.47 Å². The zero-order valence-corrected chi connectivity index (χ0v) is 19.0. The minimum absolute atomic E-state index is 0.0678. The summed E-state index contributed by atoms with van der Waals surface area (Å²) in [4.78, 5) is 28.4. The van der Waals surface area contributed by atoms with E-state index in [1.54, 1.807) is 13.8 Å². The maximum atomic E-state index is 12.8. The molecule has 0 saturated carbocycles. The zero-order valence-electron chi connectivity index (χ0n) is 17.4. The summed E-state index contributed by atoms with van der Waals surface area (Å²) in [6.07, 6.45) is 0.0678. The number of H-pyrrole nitrogens is 1. The van der Waals surface area contributed by atoms with Crippen molar-refractivity contribution in [2.24, 2.45) is 0 Å². The molecule has 0 bridgehead atoms. The molecule has 0 atom stereocenters. The van der Waals surface area contributed by atoms with Crippen LogP contribution in [0.2, 0.25) is 0 Å². The standard InChI is InChI=1S/C23H24BrNO5/c1-5-28-22(26)20-19-17(25-21(20)23(27)29-6-2)12-11-16(24)18(19)14-7-9-15(10-8-14)30-13(3)4/h7-13,25H,5-6H2,1-4H3. The number of aromatic nitrogens is 1. The maximum Gasteiger partial charge on any atom is 0.355 e. The van der Waals surface area contributed by atoms with Gasteiger partial charge in [0.2, 0.25) is 0 Å². The van der Waals surface area contributed by atoms with E-state index >= 15 is 0 Å². The number of hydrogen-bond acceptors (Lipinski definition) is 5. The molecular weight excluding hydrogens is 450 g/mol. The molecule has 0 radical (unpaired) electrons. The van der Waals surface area contributed by atoms with Crippen molar-refractivity contribution in [1.82, 2.24) is 4.98 Å². The van der Waals surface area contributed by atoms with E-state index in [-0.39, 0.29) is 30.6 Å². The molecule has 158 valence electrons. The molecule has 0 fully saturated rings. The van der Waals surface area contributed by atoms with Crippen molar-refractivity contribution in [2.75, 3.05) is 13.2 Å². The van der Waals surface area contributed by atoms with Gasteiger partial charge in [0.05, 0.1) is 19.3 Å². The van der Waals surface area contributed by atoms with Crippen LogP contribution >= 0.6 is 15.9 Å². The number of ether oxygens (including phenoxy) is 3. The van der Waals surface area contributed by atoms with Gasteiger partial charge in [-0.05, 0) is 57.5 Å². The van der Waals surface area contributed by atoms with E-state index in [9.17, 15) is 9.59 Å². The number of nitrogens with one attached hydrogen (secondary N) is 1. The van der Waals surface area contributed by atoms with E-state index in [2.05, 4.69) is 20.9 Å². The summed E-state index contributed by atoms with van der Waals surface area (Å²) < 4.78 is 16.9. The molecule has 2 aromatic carbocycles. The Labute approximate surface area is 183 Å². The van der Waals surface area contributed by atoms with Gasteiger partial charge >= 0.3 is 11.9 Å². The summed E-state index contributed by atoms with van der Waals surface area (Å²) in [5.41, 5.74) is 2.54. The van der Waals surface area contributed by atoms with Gasteiger partial charge in [0.25, 0.3) is 0 Å². The third-order valence-electron chi connectivity index (χ3n) is 4.39. The van der Waals surface area contributed by atoms with Crippen molar-refractivity contribution in [3.05, 3.63) is 52.1 Å². The molecule has 0 spiro atoms. The first-order chi connectivity index (χ1) is 14.4. The molecule has 0 saturated heterocycles. The lowest BCUT2D eigenvalue weighted by Crippen LogP contribution is -2.13. The predicted molar refractivity (Wildman–Crippen MR) is 119 cm³/mol. The van der Waals surface area contributed by atoms with Crippen LogP contribution in [0.3, 0.4) is 0 Å². The fourth-order valence-electron chi connectivity index (χ4n) is 3.28. The number of halogens is 1. The molecule has 0 aliphatic carbocycles. The summed E-state index contributed by atoms with van der Waals surface area (Å²) >= 11 is 3.60. The lowest BCUT2D eigenvalue weighted by Gasteiger charge is -2.12. The van der Waals surface area contributed by atoms with Gasteiger partial charge in [-0.2, -0.15) is 0 Å². The van der Waals surface area contributed by atoms with Crippen molar-refractivity contribution >= 4 is 38.8 Å². The fraction of sp³-hybridized carbons (Fsp3) is 0.304. The zero-order chi connectivity index (χ0) is 21.8. The van der Waals surface area contributed by atoms with Crippen molar-refractivity contribution in [1.29, 1.82) is 0 Å². The monoisotopic (exact) mass is 473 g/mol. The van der Waals surface area contributed by atoms with Crippen LogP contribution in [0.1, 0.15) is 48.5 Å². The highest BCUT2D eigenvalue weighted by atomic mass is 79.9. The first-order valence-electron chi connectivity index (χ1n) is 9.82. The normalized spacial score (nSPS) is 11.0. The summed E-state index contributed by atoms with van der Waals surface area (Å²) in [5.74, 6) is -0.422.